The molecule has 0 atom stereocenters. The number of rotatable bonds is 12. The van der Waals surface area contributed by atoms with Crippen molar-refractivity contribution in [1.29, 1.82) is 0 Å². The van der Waals surface area contributed by atoms with Gasteiger partial charge in [0.25, 0.3) is 0 Å². The summed E-state index contributed by atoms with van der Waals surface area (Å²) >= 11 is 0. The Hall–Kier alpha value is -0.160. The molecule has 1 rings (SSSR count). The summed E-state index contributed by atoms with van der Waals surface area (Å²) < 4.78 is 10.2. The van der Waals surface area contributed by atoms with Crippen molar-refractivity contribution in [3.63, 3.8) is 0 Å². The number of methoxy groups -OCH3 is 2. The molecule has 0 aromatic carbocycles. The zero-order valence-electron chi connectivity index (χ0n) is 11.4. The summed E-state index contributed by atoms with van der Waals surface area (Å²) in [6.07, 6.45) is 5.09. The summed E-state index contributed by atoms with van der Waals surface area (Å²) in [5.74, 6) is 0. The van der Waals surface area contributed by atoms with Crippen LogP contribution in [0, 0.1) is 0 Å². The van der Waals surface area contributed by atoms with Crippen LogP contribution in [0.15, 0.2) is 0 Å². The van der Waals surface area contributed by atoms with Crippen LogP contribution in [-0.4, -0.2) is 64.6 Å². The van der Waals surface area contributed by atoms with Gasteiger partial charge in [0.1, 0.15) is 0 Å². The van der Waals surface area contributed by atoms with Crippen molar-refractivity contribution in [3.8, 4) is 0 Å². The average molecular weight is 244 g/mol. The molecule has 0 spiro atoms. The van der Waals surface area contributed by atoms with Crippen molar-refractivity contribution in [2.45, 2.75) is 31.7 Å². The second-order valence-corrected chi connectivity index (χ2v) is 4.76. The highest BCUT2D eigenvalue weighted by Crippen LogP contribution is 2.18. The Labute approximate surface area is 106 Å². The zero-order chi connectivity index (χ0) is 12.3. The van der Waals surface area contributed by atoms with Gasteiger partial charge in [-0.3, -0.25) is 0 Å². The summed E-state index contributed by atoms with van der Waals surface area (Å²) in [4.78, 5) is 2.47. The molecule has 102 valence electrons. The minimum absolute atomic E-state index is 0.822. The third kappa shape index (κ3) is 8.55. The van der Waals surface area contributed by atoms with Crippen LogP contribution in [-0.2, 0) is 9.47 Å². The first-order valence-corrected chi connectivity index (χ1v) is 6.80. The van der Waals surface area contributed by atoms with Gasteiger partial charge in [-0.05, 0) is 38.8 Å². The molecule has 4 nitrogen and oxygen atoms in total. The minimum atomic E-state index is 0.822. The lowest BCUT2D eigenvalue weighted by Crippen LogP contribution is -2.32. The molecule has 17 heavy (non-hydrogen) atoms. The lowest BCUT2D eigenvalue weighted by atomic mass is 10.3. The Morgan fingerprint density at radius 1 is 1.00 bits per heavy atom. The van der Waals surface area contributed by atoms with Crippen molar-refractivity contribution in [3.05, 3.63) is 0 Å². The van der Waals surface area contributed by atoms with Crippen LogP contribution in [0.5, 0.6) is 0 Å². The number of hydrogen-bond donors (Lipinski definition) is 1. The van der Waals surface area contributed by atoms with Gasteiger partial charge in [0.05, 0.1) is 6.61 Å². The van der Waals surface area contributed by atoms with E-state index in [9.17, 15) is 0 Å². The van der Waals surface area contributed by atoms with Gasteiger partial charge in [-0.2, -0.15) is 0 Å². The fourth-order valence-corrected chi connectivity index (χ4v) is 1.88. The Balaban J connectivity index is 2.00. The van der Waals surface area contributed by atoms with Gasteiger partial charge in [0.2, 0.25) is 0 Å². The first-order chi connectivity index (χ1) is 8.36. The van der Waals surface area contributed by atoms with E-state index in [0.29, 0.717) is 0 Å². The highest BCUT2D eigenvalue weighted by atomic mass is 16.5. The first kappa shape index (κ1) is 14.9. The van der Waals surface area contributed by atoms with E-state index in [-0.39, 0.29) is 0 Å². The largest absolute Gasteiger partial charge is 0.385 e. The second kappa shape index (κ2) is 9.83. The second-order valence-electron chi connectivity index (χ2n) is 4.76. The zero-order valence-corrected chi connectivity index (χ0v) is 11.4. The smallest absolute Gasteiger partial charge is 0.0589 e. The molecule has 0 amide bonds. The number of nitrogens with zero attached hydrogens (tertiary/aromatic N) is 1. The molecule has 0 aromatic heterocycles. The van der Waals surface area contributed by atoms with Gasteiger partial charge < -0.3 is 19.7 Å². The van der Waals surface area contributed by atoms with E-state index in [1.54, 1.807) is 14.2 Å². The predicted molar refractivity (Wildman–Crippen MR) is 70.5 cm³/mol. The third-order valence-corrected chi connectivity index (χ3v) is 3.10. The van der Waals surface area contributed by atoms with Crippen LogP contribution >= 0.6 is 0 Å². The van der Waals surface area contributed by atoms with Crippen LogP contribution in [0.3, 0.4) is 0 Å². The van der Waals surface area contributed by atoms with Gasteiger partial charge in [-0.15, -0.1) is 0 Å². The van der Waals surface area contributed by atoms with E-state index < -0.39 is 0 Å². The highest BCUT2D eigenvalue weighted by Gasteiger charge is 2.19. The SMILES string of the molecule is COCCCN(CCCNC1CC1)CCOC. The molecule has 1 aliphatic carbocycles. The summed E-state index contributed by atoms with van der Waals surface area (Å²) in [5, 5.41) is 3.55. The number of ether oxygens (including phenoxy) is 2. The van der Waals surface area contributed by atoms with Crippen molar-refractivity contribution in [2.75, 3.05) is 53.6 Å². The standard InChI is InChI=1S/C13H28N2O2/c1-16-11-4-9-15(10-12-17-2)8-3-7-14-13-5-6-13/h13-14H,3-12H2,1-2H3. The maximum Gasteiger partial charge on any atom is 0.0589 e. The van der Waals surface area contributed by atoms with E-state index in [1.165, 1.54) is 19.3 Å². The van der Waals surface area contributed by atoms with Gasteiger partial charge in [0.15, 0.2) is 0 Å². The quantitative estimate of drug-likeness (QED) is 0.522. The van der Waals surface area contributed by atoms with Gasteiger partial charge >= 0.3 is 0 Å². The van der Waals surface area contributed by atoms with Crippen molar-refractivity contribution >= 4 is 0 Å². The molecular weight excluding hydrogens is 216 g/mol. The Bertz CT molecular complexity index is 175. The Kier molecular flexibility index (Phi) is 8.61. The van der Waals surface area contributed by atoms with Gasteiger partial charge in [-0.25, -0.2) is 0 Å². The van der Waals surface area contributed by atoms with Crippen molar-refractivity contribution in [2.24, 2.45) is 0 Å². The summed E-state index contributed by atoms with van der Waals surface area (Å²) in [7, 11) is 3.53. The van der Waals surface area contributed by atoms with Crippen LogP contribution in [0.2, 0.25) is 0 Å². The highest BCUT2D eigenvalue weighted by molar-refractivity contribution is 4.80. The molecule has 4 heteroatoms. The fraction of sp³-hybridized carbons (Fsp3) is 1.00. The Morgan fingerprint density at radius 3 is 2.35 bits per heavy atom. The van der Waals surface area contributed by atoms with Crippen LogP contribution in [0.1, 0.15) is 25.7 Å². The molecule has 1 aliphatic rings. The van der Waals surface area contributed by atoms with Crippen LogP contribution in [0.4, 0.5) is 0 Å². The fourth-order valence-electron chi connectivity index (χ4n) is 1.88. The molecule has 0 unspecified atom stereocenters. The topological polar surface area (TPSA) is 33.7 Å². The first-order valence-electron chi connectivity index (χ1n) is 6.80. The summed E-state index contributed by atoms with van der Waals surface area (Å²) in [6, 6.07) is 0.830. The number of nitrogens with one attached hydrogen (secondary N) is 1. The Morgan fingerprint density at radius 2 is 1.71 bits per heavy atom. The molecule has 0 aliphatic heterocycles. The van der Waals surface area contributed by atoms with E-state index >= 15 is 0 Å². The molecule has 0 radical (unpaired) electrons. The average Bonchev–Trinajstić information content (AvgIpc) is 3.15. The predicted octanol–water partition coefficient (Wildman–Crippen LogP) is 1.11. The third-order valence-electron chi connectivity index (χ3n) is 3.10. The molecule has 0 saturated heterocycles. The lowest BCUT2D eigenvalue weighted by molar-refractivity contribution is 0.132. The minimum Gasteiger partial charge on any atom is -0.385 e. The molecule has 1 saturated carbocycles. The summed E-state index contributed by atoms with van der Waals surface area (Å²) in [6.45, 7) is 6.13. The van der Waals surface area contributed by atoms with E-state index in [2.05, 4.69) is 10.2 Å². The molecule has 0 bridgehead atoms. The molecule has 1 fully saturated rings. The normalized spacial score (nSPS) is 15.7. The van der Waals surface area contributed by atoms with E-state index in [0.717, 1.165) is 51.9 Å². The maximum atomic E-state index is 5.14. The van der Waals surface area contributed by atoms with Crippen LogP contribution in [0.25, 0.3) is 0 Å². The van der Waals surface area contributed by atoms with Crippen molar-refractivity contribution in [1.82, 2.24) is 10.2 Å². The van der Waals surface area contributed by atoms with E-state index in [1.807, 2.05) is 0 Å². The molecule has 0 aromatic rings. The summed E-state index contributed by atoms with van der Waals surface area (Å²) in [5.41, 5.74) is 0. The van der Waals surface area contributed by atoms with Gasteiger partial charge in [-0.1, -0.05) is 0 Å². The van der Waals surface area contributed by atoms with E-state index in [4.69, 9.17) is 9.47 Å². The van der Waals surface area contributed by atoms with Crippen LogP contribution < -0.4 is 5.32 Å². The molecular formula is C13H28N2O2. The van der Waals surface area contributed by atoms with Crippen molar-refractivity contribution < 1.29 is 9.47 Å². The molecule has 0 heterocycles. The van der Waals surface area contributed by atoms with Gasteiger partial charge in [0, 0.05) is 40.0 Å². The molecule has 1 N–H and O–H groups in total. The number of hydrogen-bond acceptors (Lipinski definition) is 4. The monoisotopic (exact) mass is 244 g/mol. The lowest BCUT2D eigenvalue weighted by Gasteiger charge is -2.21. The maximum absolute atomic E-state index is 5.14.